The van der Waals surface area contributed by atoms with Gasteiger partial charge in [0, 0.05) is 0 Å². The van der Waals surface area contributed by atoms with Gasteiger partial charge in [-0.05, 0) is 31.2 Å². The predicted molar refractivity (Wildman–Crippen MR) is 78.7 cm³/mol. The molecule has 2 heterocycles. The van der Waals surface area contributed by atoms with Crippen molar-refractivity contribution in [3.05, 3.63) is 59.7 Å². The second-order valence-electron chi connectivity index (χ2n) is 4.76. The van der Waals surface area contributed by atoms with Gasteiger partial charge in [0.15, 0.2) is 5.76 Å². The molecule has 0 radical (unpaired) electrons. The zero-order valence-electron chi connectivity index (χ0n) is 12.0. The number of nitrogens with one attached hydrogen (secondary N) is 1. The van der Waals surface area contributed by atoms with E-state index in [1.165, 1.54) is 0 Å². The van der Waals surface area contributed by atoms with Gasteiger partial charge in [-0.3, -0.25) is 0 Å². The van der Waals surface area contributed by atoms with E-state index in [9.17, 15) is 0 Å². The highest BCUT2D eigenvalue weighted by Gasteiger charge is 2.21. The van der Waals surface area contributed by atoms with E-state index < -0.39 is 0 Å². The molecule has 0 aliphatic carbocycles. The summed E-state index contributed by atoms with van der Waals surface area (Å²) in [7, 11) is 0. The summed E-state index contributed by atoms with van der Waals surface area (Å²) in [5.74, 6) is 2.34. The van der Waals surface area contributed by atoms with E-state index in [0.717, 1.165) is 17.9 Å². The van der Waals surface area contributed by atoms with Gasteiger partial charge in [-0.1, -0.05) is 37.3 Å². The van der Waals surface area contributed by atoms with Crippen LogP contribution in [-0.4, -0.2) is 16.7 Å². The highest BCUT2D eigenvalue weighted by atomic mass is 16.4. The van der Waals surface area contributed by atoms with Gasteiger partial charge in [0.2, 0.25) is 5.89 Å². The number of hydrogen-bond acceptors (Lipinski definition) is 5. The van der Waals surface area contributed by atoms with Gasteiger partial charge >= 0.3 is 0 Å². The Balaban J connectivity index is 1.92. The molecule has 0 saturated carbocycles. The van der Waals surface area contributed by atoms with Crippen molar-refractivity contribution in [2.45, 2.75) is 19.9 Å². The van der Waals surface area contributed by atoms with Crippen LogP contribution in [0.25, 0.3) is 11.7 Å². The molecule has 0 saturated heterocycles. The smallest absolute Gasteiger partial charge is 0.283 e. The van der Waals surface area contributed by atoms with Crippen LogP contribution in [0.1, 0.15) is 30.2 Å². The van der Waals surface area contributed by atoms with Crippen LogP contribution in [-0.2, 0) is 0 Å². The molecular formula is C16H17N3O2. The summed E-state index contributed by atoms with van der Waals surface area (Å²) in [5, 5.41) is 11.6. The summed E-state index contributed by atoms with van der Waals surface area (Å²) in [4.78, 5) is 0. The van der Waals surface area contributed by atoms with Crippen LogP contribution in [0.15, 0.2) is 51.3 Å². The Morgan fingerprint density at radius 1 is 1.05 bits per heavy atom. The molecule has 0 amide bonds. The minimum absolute atomic E-state index is 0.117. The number of aryl methyl sites for hydroxylation is 1. The van der Waals surface area contributed by atoms with Crippen LogP contribution in [0.2, 0.25) is 0 Å². The fourth-order valence-electron chi connectivity index (χ4n) is 2.20. The van der Waals surface area contributed by atoms with E-state index in [1.54, 1.807) is 0 Å². The van der Waals surface area contributed by atoms with E-state index >= 15 is 0 Å². The summed E-state index contributed by atoms with van der Waals surface area (Å²) < 4.78 is 11.3. The number of nitrogens with zero attached hydrogens (tertiary/aromatic N) is 2. The number of aromatic nitrogens is 2. The largest absolute Gasteiger partial charge is 0.456 e. The van der Waals surface area contributed by atoms with Gasteiger partial charge in [-0.25, -0.2) is 0 Å². The molecule has 1 N–H and O–H groups in total. The monoisotopic (exact) mass is 283 g/mol. The van der Waals surface area contributed by atoms with Crippen molar-refractivity contribution in [1.82, 2.24) is 15.5 Å². The van der Waals surface area contributed by atoms with E-state index in [4.69, 9.17) is 8.83 Å². The van der Waals surface area contributed by atoms with Crippen molar-refractivity contribution >= 4 is 0 Å². The van der Waals surface area contributed by atoms with Crippen LogP contribution in [0.5, 0.6) is 0 Å². The zero-order valence-corrected chi connectivity index (χ0v) is 12.0. The lowest BCUT2D eigenvalue weighted by molar-refractivity contribution is 0.431. The first-order valence-corrected chi connectivity index (χ1v) is 6.96. The second-order valence-corrected chi connectivity index (χ2v) is 4.76. The SMILES string of the molecule is CCNC(c1ccccc1)c1nnc(-c2ccc(C)o2)o1. The highest BCUT2D eigenvalue weighted by Crippen LogP contribution is 2.25. The first-order valence-electron chi connectivity index (χ1n) is 6.96. The number of furan rings is 1. The summed E-state index contributed by atoms with van der Waals surface area (Å²) >= 11 is 0. The van der Waals surface area contributed by atoms with E-state index in [1.807, 2.05) is 56.3 Å². The van der Waals surface area contributed by atoms with Crippen molar-refractivity contribution in [2.24, 2.45) is 0 Å². The molecule has 5 nitrogen and oxygen atoms in total. The van der Waals surface area contributed by atoms with Gasteiger partial charge in [-0.15, -0.1) is 10.2 Å². The van der Waals surface area contributed by atoms with Crippen LogP contribution in [0.3, 0.4) is 0 Å². The Kier molecular flexibility index (Phi) is 3.83. The molecular weight excluding hydrogens is 266 g/mol. The molecule has 0 bridgehead atoms. The molecule has 0 aliphatic rings. The van der Waals surface area contributed by atoms with E-state index in [2.05, 4.69) is 15.5 Å². The maximum Gasteiger partial charge on any atom is 0.283 e. The fourth-order valence-corrected chi connectivity index (χ4v) is 2.20. The lowest BCUT2D eigenvalue weighted by Gasteiger charge is -2.13. The minimum atomic E-state index is -0.117. The normalized spacial score (nSPS) is 12.5. The lowest BCUT2D eigenvalue weighted by Crippen LogP contribution is -2.22. The van der Waals surface area contributed by atoms with Gasteiger partial charge in [-0.2, -0.15) is 0 Å². The number of rotatable bonds is 5. The maximum absolute atomic E-state index is 5.77. The number of hydrogen-bond donors (Lipinski definition) is 1. The molecule has 3 aromatic rings. The number of benzene rings is 1. The van der Waals surface area contributed by atoms with Crippen molar-refractivity contribution < 1.29 is 8.83 Å². The average Bonchev–Trinajstić information content (AvgIpc) is 3.14. The van der Waals surface area contributed by atoms with Crippen molar-refractivity contribution in [2.75, 3.05) is 6.54 Å². The molecule has 0 spiro atoms. The molecule has 1 unspecified atom stereocenters. The van der Waals surface area contributed by atoms with E-state index in [0.29, 0.717) is 17.5 Å². The van der Waals surface area contributed by atoms with Crippen LogP contribution in [0.4, 0.5) is 0 Å². The van der Waals surface area contributed by atoms with Gasteiger partial charge in [0.1, 0.15) is 11.8 Å². The Bertz CT molecular complexity index is 703. The van der Waals surface area contributed by atoms with Crippen molar-refractivity contribution in [3.8, 4) is 11.7 Å². The third-order valence-corrected chi connectivity index (χ3v) is 3.18. The zero-order chi connectivity index (χ0) is 14.7. The topological polar surface area (TPSA) is 64.1 Å². The molecule has 108 valence electrons. The molecule has 5 heteroatoms. The quantitative estimate of drug-likeness (QED) is 0.778. The average molecular weight is 283 g/mol. The van der Waals surface area contributed by atoms with Crippen LogP contribution < -0.4 is 5.32 Å². The first kappa shape index (κ1) is 13.6. The lowest BCUT2D eigenvalue weighted by atomic mass is 10.1. The third-order valence-electron chi connectivity index (χ3n) is 3.18. The molecule has 0 aliphatic heterocycles. The van der Waals surface area contributed by atoms with Crippen molar-refractivity contribution in [3.63, 3.8) is 0 Å². The summed E-state index contributed by atoms with van der Waals surface area (Å²) in [6.45, 7) is 4.73. The molecule has 1 aromatic carbocycles. The fraction of sp³-hybridized carbons (Fsp3) is 0.250. The molecule has 2 aromatic heterocycles. The summed E-state index contributed by atoms with van der Waals surface area (Å²) in [5.41, 5.74) is 1.09. The van der Waals surface area contributed by atoms with Gasteiger partial charge in [0.25, 0.3) is 5.89 Å². The van der Waals surface area contributed by atoms with Crippen LogP contribution in [0, 0.1) is 6.92 Å². The molecule has 21 heavy (non-hydrogen) atoms. The Hall–Kier alpha value is -2.40. The standard InChI is InChI=1S/C16H17N3O2/c1-3-17-14(12-7-5-4-6-8-12)16-19-18-15(21-16)13-10-9-11(2)20-13/h4-10,14,17H,3H2,1-2H3. The van der Waals surface area contributed by atoms with Gasteiger partial charge < -0.3 is 14.2 Å². The summed E-state index contributed by atoms with van der Waals surface area (Å²) in [6.07, 6.45) is 0. The predicted octanol–water partition coefficient (Wildman–Crippen LogP) is 3.34. The first-order chi connectivity index (χ1) is 10.3. The van der Waals surface area contributed by atoms with Gasteiger partial charge in [0.05, 0.1) is 0 Å². The molecule has 0 fully saturated rings. The Labute approximate surface area is 123 Å². The minimum Gasteiger partial charge on any atom is -0.456 e. The maximum atomic E-state index is 5.77. The summed E-state index contributed by atoms with van der Waals surface area (Å²) in [6, 6.07) is 13.6. The van der Waals surface area contributed by atoms with Crippen molar-refractivity contribution in [1.29, 1.82) is 0 Å². The molecule has 1 atom stereocenters. The third kappa shape index (κ3) is 2.87. The highest BCUT2D eigenvalue weighted by molar-refractivity contribution is 5.44. The molecule has 3 rings (SSSR count). The Morgan fingerprint density at radius 2 is 1.86 bits per heavy atom. The van der Waals surface area contributed by atoms with Crippen LogP contribution >= 0.6 is 0 Å². The Morgan fingerprint density at radius 3 is 2.52 bits per heavy atom. The second kappa shape index (κ2) is 5.93. The van der Waals surface area contributed by atoms with E-state index in [-0.39, 0.29) is 6.04 Å².